The molecule has 0 saturated heterocycles. The van der Waals surface area contributed by atoms with Gasteiger partial charge in [-0.25, -0.2) is 0 Å². The van der Waals surface area contributed by atoms with E-state index < -0.39 is 4.83 Å². The van der Waals surface area contributed by atoms with Gasteiger partial charge in [-0.05, 0) is 12.1 Å². The van der Waals surface area contributed by atoms with Crippen molar-refractivity contribution in [2.24, 2.45) is 0 Å². The summed E-state index contributed by atoms with van der Waals surface area (Å²) in [6.45, 7) is 1.14. The fraction of sp³-hybridized carbons (Fsp3) is 0.417. The van der Waals surface area contributed by atoms with Crippen molar-refractivity contribution in [2.75, 3.05) is 26.9 Å². The van der Waals surface area contributed by atoms with Crippen molar-refractivity contribution < 1.29 is 19.0 Å². The summed E-state index contributed by atoms with van der Waals surface area (Å²) in [5.41, 5.74) is 0. The minimum Gasteiger partial charge on any atom is -0.491 e. The van der Waals surface area contributed by atoms with Crippen molar-refractivity contribution in [1.82, 2.24) is 0 Å². The zero-order valence-electron chi connectivity index (χ0n) is 9.60. The summed E-state index contributed by atoms with van der Waals surface area (Å²) >= 11 is 3.16. The molecule has 0 aliphatic rings. The van der Waals surface area contributed by atoms with E-state index in [9.17, 15) is 4.79 Å². The molecule has 0 spiro atoms. The minimum atomic E-state index is -0.427. The lowest BCUT2D eigenvalue weighted by atomic mass is 10.3. The van der Waals surface area contributed by atoms with Gasteiger partial charge < -0.3 is 14.2 Å². The lowest BCUT2D eigenvalue weighted by Gasteiger charge is -2.09. The van der Waals surface area contributed by atoms with Crippen molar-refractivity contribution >= 4 is 21.9 Å². The molecule has 5 heteroatoms. The second-order valence-electron chi connectivity index (χ2n) is 3.23. The summed E-state index contributed by atoms with van der Waals surface area (Å²) < 4.78 is 15.2. The highest BCUT2D eigenvalue weighted by Gasteiger charge is 2.14. The Morgan fingerprint density at radius 2 is 2.00 bits per heavy atom. The van der Waals surface area contributed by atoms with Crippen LogP contribution in [0.2, 0.25) is 0 Å². The first-order valence-corrected chi connectivity index (χ1v) is 6.13. The Bertz CT molecular complexity index is 329. The first-order chi connectivity index (χ1) is 8.24. The van der Waals surface area contributed by atoms with Crippen LogP contribution in [0.3, 0.4) is 0 Å². The number of hydrogen-bond donors (Lipinski definition) is 0. The van der Waals surface area contributed by atoms with Gasteiger partial charge in [-0.2, -0.15) is 0 Å². The van der Waals surface area contributed by atoms with Crippen LogP contribution in [0.5, 0.6) is 5.75 Å². The maximum absolute atomic E-state index is 11.0. The topological polar surface area (TPSA) is 44.8 Å². The van der Waals surface area contributed by atoms with E-state index in [0.29, 0.717) is 13.2 Å². The monoisotopic (exact) mass is 302 g/mol. The normalized spacial score (nSPS) is 11.9. The zero-order chi connectivity index (χ0) is 12.5. The van der Waals surface area contributed by atoms with Gasteiger partial charge in [0.15, 0.2) is 0 Å². The van der Waals surface area contributed by atoms with Crippen LogP contribution in [0.4, 0.5) is 0 Å². The molecule has 0 N–H and O–H groups in total. The molecule has 0 aliphatic carbocycles. The fourth-order valence-electron chi connectivity index (χ4n) is 1.12. The van der Waals surface area contributed by atoms with E-state index in [2.05, 4.69) is 20.7 Å². The predicted molar refractivity (Wildman–Crippen MR) is 67.5 cm³/mol. The van der Waals surface area contributed by atoms with Gasteiger partial charge in [-0.3, -0.25) is 4.79 Å². The van der Waals surface area contributed by atoms with Crippen molar-refractivity contribution in [3.8, 4) is 5.75 Å². The van der Waals surface area contributed by atoms with E-state index in [1.807, 2.05) is 30.3 Å². The molecular weight excluding hydrogens is 288 g/mol. The molecule has 17 heavy (non-hydrogen) atoms. The van der Waals surface area contributed by atoms with Crippen LogP contribution in [-0.4, -0.2) is 37.7 Å². The molecule has 1 aromatic rings. The van der Waals surface area contributed by atoms with Crippen LogP contribution in [0, 0.1) is 0 Å². The number of methoxy groups -OCH3 is 1. The third-order valence-corrected chi connectivity index (χ3v) is 2.60. The van der Waals surface area contributed by atoms with Gasteiger partial charge in [0.05, 0.1) is 20.3 Å². The smallest absolute Gasteiger partial charge is 0.321 e. The Kier molecular flexibility index (Phi) is 6.65. The van der Waals surface area contributed by atoms with E-state index in [-0.39, 0.29) is 12.6 Å². The van der Waals surface area contributed by atoms with Gasteiger partial charge >= 0.3 is 5.97 Å². The summed E-state index contributed by atoms with van der Waals surface area (Å²) in [6.07, 6.45) is 0. The molecule has 0 aromatic heterocycles. The molecule has 0 radical (unpaired) electrons. The average Bonchev–Trinajstić information content (AvgIpc) is 2.38. The molecule has 0 amide bonds. The Morgan fingerprint density at radius 1 is 1.29 bits per heavy atom. The quantitative estimate of drug-likeness (QED) is 0.439. The first-order valence-electron chi connectivity index (χ1n) is 5.21. The fourth-order valence-corrected chi connectivity index (χ4v) is 1.49. The average molecular weight is 303 g/mol. The van der Waals surface area contributed by atoms with E-state index in [1.165, 1.54) is 7.11 Å². The summed E-state index contributed by atoms with van der Waals surface area (Å²) in [5, 5.41) is 0. The second-order valence-corrected chi connectivity index (χ2v) is 4.33. The van der Waals surface area contributed by atoms with Crippen LogP contribution < -0.4 is 4.74 Å². The molecule has 94 valence electrons. The number of alkyl halides is 1. The lowest BCUT2D eigenvalue weighted by Crippen LogP contribution is -2.22. The van der Waals surface area contributed by atoms with Gasteiger partial charge in [0.2, 0.25) is 0 Å². The van der Waals surface area contributed by atoms with E-state index in [4.69, 9.17) is 9.47 Å². The summed E-state index contributed by atoms with van der Waals surface area (Å²) in [7, 11) is 1.34. The largest absolute Gasteiger partial charge is 0.491 e. The Labute approximate surface area is 109 Å². The van der Waals surface area contributed by atoms with Crippen LogP contribution in [0.25, 0.3) is 0 Å². The number of carbonyl (C=O) groups excluding carboxylic acids is 1. The molecule has 4 nitrogen and oxygen atoms in total. The third-order valence-electron chi connectivity index (χ3n) is 1.96. The first kappa shape index (κ1) is 14.0. The van der Waals surface area contributed by atoms with Gasteiger partial charge in [0, 0.05) is 0 Å². The summed E-state index contributed by atoms with van der Waals surface area (Å²) in [4.78, 5) is 10.6. The van der Waals surface area contributed by atoms with E-state index in [0.717, 1.165) is 5.75 Å². The van der Waals surface area contributed by atoms with Crippen LogP contribution in [0.15, 0.2) is 30.3 Å². The Balaban J connectivity index is 2.07. The number of ether oxygens (including phenoxy) is 3. The third kappa shape index (κ3) is 5.70. The summed E-state index contributed by atoms with van der Waals surface area (Å²) in [6, 6.07) is 9.49. The van der Waals surface area contributed by atoms with Gasteiger partial charge in [0.1, 0.15) is 17.2 Å². The van der Waals surface area contributed by atoms with E-state index >= 15 is 0 Å². The highest BCUT2D eigenvalue weighted by atomic mass is 79.9. The highest BCUT2D eigenvalue weighted by Crippen LogP contribution is 2.08. The molecule has 1 rings (SSSR count). The SMILES string of the molecule is COC(=O)C(Br)COCCOc1ccccc1. The number of rotatable bonds is 7. The minimum absolute atomic E-state index is 0.269. The Morgan fingerprint density at radius 3 is 2.65 bits per heavy atom. The summed E-state index contributed by atoms with van der Waals surface area (Å²) in [5.74, 6) is 0.466. The number of hydrogen-bond acceptors (Lipinski definition) is 4. The molecule has 1 atom stereocenters. The van der Waals surface area contributed by atoms with Crippen molar-refractivity contribution in [3.63, 3.8) is 0 Å². The van der Waals surface area contributed by atoms with Crippen LogP contribution in [0.1, 0.15) is 0 Å². The van der Waals surface area contributed by atoms with E-state index in [1.54, 1.807) is 0 Å². The van der Waals surface area contributed by atoms with Gasteiger partial charge in [0.25, 0.3) is 0 Å². The molecular formula is C12H15BrO4. The molecule has 0 heterocycles. The maximum atomic E-state index is 11.0. The van der Waals surface area contributed by atoms with Gasteiger partial charge in [-0.15, -0.1) is 0 Å². The maximum Gasteiger partial charge on any atom is 0.321 e. The van der Waals surface area contributed by atoms with Crippen molar-refractivity contribution in [1.29, 1.82) is 0 Å². The highest BCUT2D eigenvalue weighted by molar-refractivity contribution is 9.10. The molecule has 0 aliphatic heterocycles. The number of para-hydroxylation sites is 1. The predicted octanol–water partition coefficient (Wildman–Crippen LogP) is 2.02. The van der Waals surface area contributed by atoms with Crippen molar-refractivity contribution in [2.45, 2.75) is 4.83 Å². The number of halogens is 1. The Hall–Kier alpha value is -1.07. The second kappa shape index (κ2) is 8.08. The molecule has 1 aromatic carbocycles. The number of esters is 1. The van der Waals surface area contributed by atoms with Gasteiger partial charge in [-0.1, -0.05) is 34.1 Å². The number of benzene rings is 1. The molecule has 0 saturated carbocycles. The van der Waals surface area contributed by atoms with Crippen LogP contribution in [-0.2, 0) is 14.3 Å². The van der Waals surface area contributed by atoms with Crippen molar-refractivity contribution in [3.05, 3.63) is 30.3 Å². The molecule has 1 unspecified atom stereocenters. The zero-order valence-corrected chi connectivity index (χ0v) is 11.2. The molecule has 0 fully saturated rings. The van der Waals surface area contributed by atoms with Crippen LogP contribution >= 0.6 is 15.9 Å². The molecule has 0 bridgehead atoms. The number of carbonyl (C=O) groups is 1. The standard InChI is InChI=1S/C12H15BrO4/c1-15-12(14)11(13)9-16-7-8-17-10-5-3-2-4-6-10/h2-6,11H,7-9H2,1H3. The lowest BCUT2D eigenvalue weighted by molar-refractivity contribution is -0.140.